The molecule has 5 rings (SSSR count). The molecule has 4 aromatic rings. The molecule has 1 heterocycles. The van der Waals surface area contributed by atoms with Crippen LogP contribution in [0.15, 0.2) is 114 Å². The smallest absolute Gasteiger partial charge is 0.343 e. The first-order valence-corrected chi connectivity index (χ1v) is 13.2. The van der Waals surface area contributed by atoms with Gasteiger partial charge in [0.05, 0.1) is 17.9 Å². The lowest BCUT2D eigenvalue weighted by molar-refractivity contribution is -0.120. The molecule has 2 amide bonds. The number of nitrogens with one attached hydrogen (secondary N) is 1. The summed E-state index contributed by atoms with van der Waals surface area (Å²) in [4.78, 5) is 39.4. The Balaban J connectivity index is 1.18. The predicted molar refractivity (Wildman–Crippen MR) is 155 cm³/mol. The lowest BCUT2D eigenvalue weighted by Crippen LogP contribution is -2.32. The topological polar surface area (TPSA) is 94.2 Å². The molecule has 1 N–H and O–H groups in total. The molecule has 8 nitrogen and oxygen atoms in total. The van der Waals surface area contributed by atoms with Gasteiger partial charge in [-0.05, 0) is 85.3 Å². The summed E-state index contributed by atoms with van der Waals surface area (Å²) < 4.78 is 16.6. The number of halogens is 1. The molecule has 0 aliphatic carbocycles. The van der Waals surface area contributed by atoms with E-state index in [0.29, 0.717) is 47.4 Å². The van der Waals surface area contributed by atoms with E-state index in [2.05, 4.69) is 5.32 Å². The summed E-state index contributed by atoms with van der Waals surface area (Å²) in [5.74, 6) is -0.149. The molecule has 1 aliphatic heterocycles. The Morgan fingerprint density at radius 2 is 1.37 bits per heavy atom. The summed E-state index contributed by atoms with van der Waals surface area (Å²) in [6.07, 6.45) is 0. The van der Waals surface area contributed by atoms with Gasteiger partial charge in [0.15, 0.2) is 0 Å². The second kappa shape index (κ2) is 12.4. The lowest BCUT2D eigenvalue weighted by Gasteiger charge is -2.15. The Morgan fingerprint density at radius 1 is 0.756 bits per heavy atom. The molecule has 0 saturated heterocycles. The highest BCUT2D eigenvalue weighted by atomic mass is 35.5. The van der Waals surface area contributed by atoms with Crippen LogP contribution in [0.5, 0.6) is 17.2 Å². The Hall–Kier alpha value is -5.08. The fourth-order valence-electron chi connectivity index (χ4n) is 4.05. The van der Waals surface area contributed by atoms with Gasteiger partial charge in [0.2, 0.25) is 0 Å². The summed E-state index contributed by atoms with van der Waals surface area (Å²) in [6.45, 7) is 2.79. The van der Waals surface area contributed by atoms with Crippen LogP contribution >= 0.6 is 11.6 Å². The van der Waals surface area contributed by atoms with Crippen molar-refractivity contribution in [3.05, 3.63) is 125 Å². The van der Waals surface area contributed by atoms with Gasteiger partial charge in [0, 0.05) is 5.69 Å². The molecule has 4 aromatic carbocycles. The van der Waals surface area contributed by atoms with E-state index in [4.69, 9.17) is 25.8 Å². The fourth-order valence-corrected chi connectivity index (χ4v) is 4.26. The average molecular weight is 569 g/mol. The van der Waals surface area contributed by atoms with E-state index in [1.807, 2.05) is 37.3 Å². The van der Waals surface area contributed by atoms with Crippen LogP contribution < -0.4 is 24.4 Å². The maximum atomic E-state index is 13.0. The Bertz CT molecular complexity index is 1580. The zero-order valence-electron chi connectivity index (χ0n) is 22.0. The average Bonchev–Trinajstić information content (AvgIpc) is 3.21. The number of rotatable bonds is 10. The molecule has 9 heteroatoms. The van der Waals surface area contributed by atoms with Gasteiger partial charge in [0.25, 0.3) is 11.8 Å². The van der Waals surface area contributed by atoms with E-state index >= 15 is 0 Å². The molecule has 0 spiro atoms. The summed E-state index contributed by atoms with van der Waals surface area (Å²) in [5, 5.41) is 2.66. The van der Waals surface area contributed by atoms with Gasteiger partial charge in [-0.15, -0.1) is 0 Å². The highest BCUT2D eigenvalue weighted by Crippen LogP contribution is 2.31. The van der Waals surface area contributed by atoms with Crippen molar-refractivity contribution in [2.45, 2.75) is 13.5 Å². The van der Waals surface area contributed by atoms with Crippen molar-refractivity contribution in [2.75, 3.05) is 16.8 Å². The third kappa shape index (κ3) is 6.40. The molecular formula is C32H25ClN2O6. The summed E-state index contributed by atoms with van der Waals surface area (Å²) in [7, 11) is 0. The van der Waals surface area contributed by atoms with Crippen LogP contribution in [0.1, 0.15) is 22.8 Å². The quantitative estimate of drug-likeness (QED) is 0.136. The van der Waals surface area contributed by atoms with Gasteiger partial charge in [-0.25, -0.2) is 9.69 Å². The van der Waals surface area contributed by atoms with Crippen molar-refractivity contribution in [3.8, 4) is 17.2 Å². The molecule has 0 unspecified atom stereocenters. The van der Waals surface area contributed by atoms with E-state index in [1.54, 1.807) is 72.8 Å². The van der Waals surface area contributed by atoms with Gasteiger partial charge >= 0.3 is 5.97 Å². The Labute approximate surface area is 241 Å². The first kappa shape index (κ1) is 27.5. The van der Waals surface area contributed by atoms with E-state index in [-0.39, 0.29) is 10.7 Å². The van der Waals surface area contributed by atoms with Gasteiger partial charge in [-0.3, -0.25) is 9.59 Å². The minimum absolute atomic E-state index is 0.0598. The van der Waals surface area contributed by atoms with Crippen molar-refractivity contribution in [1.29, 1.82) is 0 Å². The number of hydrogen-bond donors (Lipinski definition) is 1. The highest BCUT2D eigenvalue weighted by Gasteiger charge is 2.39. The second-order valence-corrected chi connectivity index (χ2v) is 9.28. The summed E-state index contributed by atoms with van der Waals surface area (Å²) in [5.41, 5.74) is 2.12. The number of nitrogens with zero attached hydrogens (tertiary/aromatic N) is 1. The zero-order chi connectivity index (χ0) is 28.8. The van der Waals surface area contributed by atoms with Gasteiger partial charge in [-0.2, -0.15) is 0 Å². The molecule has 0 bridgehead atoms. The van der Waals surface area contributed by atoms with Crippen molar-refractivity contribution >= 4 is 40.8 Å². The number of carbonyl (C=O) groups excluding carboxylic acids is 3. The monoisotopic (exact) mass is 568 g/mol. The van der Waals surface area contributed by atoms with Crippen LogP contribution in [0.3, 0.4) is 0 Å². The van der Waals surface area contributed by atoms with E-state index in [0.717, 1.165) is 10.5 Å². The molecule has 0 saturated carbocycles. The van der Waals surface area contributed by atoms with Gasteiger partial charge < -0.3 is 19.5 Å². The number of hydrogen-bond acceptors (Lipinski definition) is 7. The van der Waals surface area contributed by atoms with Crippen LogP contribution in [0.4, 0.5) is 11.4 Å². The number of benzene rings is 4. The van der Waals surface area contributed by atoms with Crippen LogP contribution in [0, 0.1) is 0 Å². The van der Waals surface area contributed by atoms with Crippen LogP contribution in [0.25, 0.3) is 0 Å². The first-order chi connectivity index (χ1) is 19.9. The maximum absolute atomic E-state index is 13.0. The van der Waals surface area contributed by atoms with Gasteiger partial charge in [0.1, 0.15) is 34.6 Å². The summed E-state index contributed by atoms with van der Waals surface area (Å²) in [6, 6.07) is 29.4. The summed E-state index contributed by atoms with van der Waals surface area (Å²) >= 11 is 6.23. The number of anilines is 2. The normalized spacial score (nSPS) is 12.9. The van der Waals surface area contributed by atoms with Crippen LogP contribution in [0.2, 0.25) is 0 Å². The Morgan fingerprint density at radius 3 is 2.02 bits per heavy atom. The van der Waals surface area contributed by atoms with Crippen LogP contribution in [-0.2, 0) is 16.2 Å². The molecule has 1 aliphatic rings. The van der Waals surface area contributed by atoms with Crippen molar-refractivity contribution in [1.82, 2.24) is 0 Å². The molecule has 0 aromatic heterocycles. The second-order valence-electron chi connectivity index (χ2n) is 8.90. The highest BCUT2D eigenvalue weighted by molar-refractivity contribution is 6.53. The molecular weight excluding hydrogens is 544 g/mol. The molecule has 206 valence electrons. The van der Waals surface area contributed by atoms with E-state index in [9.17, 15) is 14.4 Å². The molecule has 0 fully saturated rings. The fraction of sp³-hybridized carbons (Fsp3) is 0.0938. The lowest BCUT2D eigenvalue weighted by atomic mass is 10.2. The zero-order valence-corrected chi connectivity index (χ0v) is 22.8. The SMILES string of the molecule is CCOc1ccc(N2C(=O)C(Cl)=C(Nc3ccc(C(=O)Oc4ccc(OCc5ccccc5)cc4)cc3)C2=O)cc1. The number of carbonyl (C=O) groups is 3. The number of imide groups is 1. The van der Waals surface area contributed by atoms with Crippen molar-refractivity contribution < 1.29 is 28.6 Å². The van der Waals surface area contributed by atoms with Crippen molar-refractivity contribution in [2.24, 2.45) is 0 Å². The number of amides is 2. The minimum atomic E-state index is -0.639. The largest absolute Gasteiger partial charge is 0.494 e. The van der Waals surface area contributed by atoms with Crippen LogP contribution in [-0.4, -0.2) is 24.4 Å². The third-order valence-corrected chi connectivity index (χ3v) is 6.46. The first-order valence-electron chi connectivity index (χ1n) is 12.8. The molecule has 41 heavy (non-hydrogen) atoms. The standard InChI is InChI=1S/C32H25ClN2O6/c1-2-39-25-14-12-24(13-15-25)35-30(36)28(33)29(31(35)37)34-23-10-8-22(9-11-23)32(38)41-27-18-16-26(17-19-27)40-20-21-6-4-3-5-7-21/h3-19,34H,2,20H2,1H3. The maximum Gasteiger partial charge on any atom is 0.343 e. The third-order valence-electron chi connectivity index (χ3n) is 6.11. The van der Waals surface area contributed by atoms with E-state index < -0.39 is 17.8 Å². The predicted octanol–water partition coefficient (Wildman–Crippen LogP) is 6.32. The molecule has 0 radical (unpaired) electrons. The Kier molecular flexibility index (Phi) is 8.31. The molecule has 0 atom stereocenters. The number of ether oxygens (including phenoxy) is 3. The van der Waals surface area contributed by atoms with Crippen molar-refractivity contribution in [3.63, 3.8) is 0 Å². The minimum Gasteiger partial charge on any atom is -0.494 e. The number of esters is 1. The van der Waals surface area contributed by atoms with E-state index in [1.165, 1.54) is 0 Å². The van der Waals surface area contributed by atoms with Gasteiger partial charge in [-0.1, -0.05) is 41.9 Å².